The molecule has 0 bridgehead atoms. The van der Waals surface area contributed by atoms with Crippen LogP contribution in [0.1, 0.15) is 57.9 Å². The number of thiophene rings is 1. The number of anilines is 1. The van der Waals surface area contributed by atoms with Crippen LogP contribution in [0, 0.1) is 0 Å². The topological polar surface area (TPSA) is 66.4 Å². The summed E-state index contributed by atoms with van der Waals surface area (Å²) in [7, 11) is 0. The molecule has 3 rings (SSSR count). The van der Waals surface area contributed by atoms with Gasteiger partial charge in [-0.1, -0.05) is 31.0 Å². The molecule has 0 unspecified atom stereocenters. The van der Waals surface area contributed by atoms with Crippen molar-refractivity contribution in [1.82, 2.24) is 0 Å². The molecule has 1 aliphatic carbocycles. The third-order valence-electron chi connectivity index (χ3n) is 4.09. The zero-order valence-electron chi connectivity index (χ0n) is 12.0. The van der Waals surface area contributed by atoms with Crippen molar-refractivity contribution in [1.29, 1.82) is 0 Å². The number of carbonyl (C=O) groups is 2. The van der Waals surface area contributed by atoms with E-state index >= 15 is 0 Å². The first-order chi connectivity index (χ1) is 10.7. The van der Waals surface area contributed by atoms with Gasteiger partial charge in [-0.15, -0.1) is 11.3 Å². The fourth-order valence-electron chi connectivity index (χ4n) is 2.99. The number of aromatic carboxylic acids is 1. The lowest BCUT2D eigenvalue weighted by atomic mass is 9.96. The second kappa shape index (κ2) is 6.32. The molecule has 114 valence electrons. The number of amides is 1. The number of carboxylic acid groups (broad SMARTS) is 1. The highest BCUT2D eigenvalue weighted by molar-refractivity contribution is 7.15. The average molecular weight is 315 g/mol. The molecular weight excluding hydrogens is 298 g/mol. The van der Waals surface area contributed by atoms with Crippen LogP contribution in [0.3, 0.4) is 0 Å². The van der Waals surface area contributed by atoms with Crippen LogP contribution in [0.2, 0.25) is 0 Å². The fraction of sp³-hybridized carbons (Fsp3) is 0.294. The smallest absolute Gasteiger partial charge is 0.339 e. The molecule has 4 nitrogen and oxygen atoms in total. The molecule has 1 fully saturated rings. The van der Waals surface area contributed by atoms with E-state index in [0.29, 0.717) is 16.5 Å². The molecule has 2 N–H and O–H groups in total. The Labute approximate surface area is 132 Å². The van der Waals surface area contributed by atoms with Gasteiger partial charge in [0.15, 0.2) is 0 Å². The third-order valence-corrected chi connectivity index (χ3v) is 5.01. The zero-order valence-corrected chi connectivity index (χ0v) is 12.9. The molecule has 1 aromatic heterocycles. The highest BCUT2D eigenvalue weighted by Crippen LogP contribution is 2.41. The van der Waals surface area contributed by atoms with Crippen molar-refractivity contribution >= 4 is 28.2 Å². The van der Waals surface area contributed by atoms with Crippen LogP contribution in [0.25, 0.3) is 0 Å². The molecule has 2 aromatic rings. The van der Waals surface area contributed by atoms with Gasteiger partial charge in [0, 0.05) is 5.56 Å². The number of carboxylic acids is 1. The van der Waals surface area contributed by atoms with Crippen molar-refractivity contribution in [2.24, 2.45) is 0 Å². The zero-order chi connectivity index (χ0) is 15.5. The van der Waals surface area contributed by atoms with Crippen molar-refractivity contribution < 1.29 is 14.7 Å². The second-order valence-electron chi connectivity index (χ2n) is 5.50. The summed E-state index contributed by atoms with van der Waals surface area (Å²) in [5.41, 5.74) is 1.66. The van der Waals surface area contributed by atoms with Gasteiger partial charge in [-0.25, -0.2) is 4.79 Å². The number of hydrogen-bond acceptors (Lipinski definition) is 3. The Bertz CT molecular complexity index is 687. The van der Waals surface area contributed by atoms with Gasteiger partial charge in [0.05, 0.1) is 5.56 Å². The van der Waals surface area contributed by atoms with Crippen LogP contribution >= 0.6 is 11.3 Å². The summed E-state index contributed by atoms with van der Waals surface area (Å²) in [4.78, 5) is 23.9. The predicted octanol–water partition coefficient (Wildman–Crippen LogP) is 4.36. The van der Waals surface area contributed by atoms with Gasteiger partial charge in [-0.2, -0.15) is 0 Å². The lowest BCUT2D eigenvalue weighted by Gasteiger charge is -2.10. The van der Waals surface area contributed by atoms with Gasteiger partial charge < -0.3 is 10.4 Å². The first-order valence-corrected chi connectivity index (χ1v) is 8.26. The second-order valence-corrected chi connectivity index (χ2v) is 6.38. The van der Waals surface area contributed by atoms with E-state index in [1.807, 2.05) is 11.4 Å². The lowest BCUT2D eigenvalue weighted by Crippen LogP contribution is -2.14. The Morgan fingerprint density at radius 1 is 1.14 bits per heavy atom. The van der Waals surface area contributed by atoms with Crippen molar-refractivity contribution in [3.8, 4) is 0 Å². The number of rotatable bonds is 4. The highest BCUT2D eigenvalue weighted by atomic mass is 32.1. The molecule has 0 atom stereocenters. The van der Waals surface area contributed by atoms with Crippen molar-refractivity contribution in [3.63, 3.8) is 0 Å². The summed E-state index contributed by atoms with van der Waals surface area (Å²) in [6.07, 6.45) is 4.35. The maximum Gasteiger partial charge on any atom is 0.339 e. The van der Waals surface area contributed by atoms with E-state index in [4.69, 9.17) is 0 Å². The SMILES string of the molecule is O=C(Nc1scc(C2CCCC2)c1C(=O)O)c1ccccc1. The molecule has 1 heterocycles. The maximum absolute atomic E-state index is 12.2. The molecule has 22 heavy (non-hydrogen) atoms. The van der Waals surface area contributed by atoms with Gasteiger partial charge in [-0.3, -0.25) is 4.79 Å². The molecule has 0 spiro atoms. The Hall–Kier alpha value is -2.14. The summed E-state index contributed by atoms with van der Waals surface area (Å²) < 4.78 is 0. The monoisotopic (exact) mass is 315 g/mol. The average Bonchev–Trinajstić information content (AvgIpc) is 3.16. The molecule has 5 heteroatoms. The Kier molecular flexibility index (Phi) is 4.24. The predicted molar refractivity (Wildman–Crippen MR) is 86.9 cm³/mol. The van der Waals surface area contributed by atoms with Gasteiger partial charge in [0.1, 0.15) is 5.00 Å². The number of benzene rings is 1. The number of carbonyl (C=O) groups excluding carboxylic acids is 1. The minimum Gasteiger partial charge on any atom is -0.478 e. The molecule has 0 radical (unpaired) electrons. The first-order valence-electron chi connectivity index (χ1n) is 7.38. The Balaban J connectivity index is 1.87. The molecule has 1 amide bonds. The van der Waals surface area contributed by atoms with E-state index in [2.05, 4.69) is 5.32 Å². The van der Waals surface area contributed by atoms with Gasteiger partial charge in [-0.05, 0) is 41.8 Å². The molecule has 0 saturated heterocycles. The minimum atomic E-state index is -0.966. The minimum absolute atomic E-state index is 0.265. The van der Waals surface area contributed by atoms with E-state index in [9.17, 15) is 14.7 Å². The van der Waals surface area contributed by atoms with Gasteiger partial charge >= 0.3 is 5.97 Å². The molecule has 1 saturated carbocycles. The molecule has 1 aromatic carbocycles. The van der Waals surface area contributed by atoms with Crippen LogP contribution in [0.15, 0.2) is 35.7 Å². The van der Waals surface area contributed by atoms with E-state index in [0.717, 1.165) is 31.2 Å². The van der Waals surface area contributed by atoms with Crippen LogP contribution in [-0.2, 0) is 0 Å². The maximum atomic E-state index is 12.2. The van der Waals surface area contributed by atoms with Crippen molar-refractivity contribution in [3.05, 3.63) is 52.4 Å². The van der Waals surface area contributed by atoms with Gasteiger partial charge in [0.25, 0.3) is 5.91 Å². The van der Waals surface area contributed by atoms with E-state index in [1.54, 1.807) is 24.3 Å². The number of nitrogens with one attached hydrogen (secondary N) is 1. The van der Waals surface area contributed by atoms with Crippen LogP contribution < -0.4 is 5.32 Å². The summed E-state index contributed by atoms with van der Waals surface area (Å²) in [5.74, 6) is -0.931. The molecule has 1 aliphatic rings. The Morgan fingerprint density at radius 3 is 2.45 bits per heavy atom. The van der Waals surface area contributed by atoms with E-state index < -0.39 is 5.97 Å². The van der Waals surface area contributed by atoms with E-state index in [-0.39, 0.29) is 11.5 Å². The summed E-state index contributed by atoms with van der Waals surface area (Å²) in [5, 5.41) is 14.6. The molecule has 0 aliphatic heterocycles. The normalized spacial score (nSPS) is 14.9. The van der Waals surface area contributed by atoms with E-state index in [1.165, 1.54) is 11.3 Å². The highest BCUT2D eigenvalue weighted by Gasteiger charge is 2.27. The Morgan fingerprint density at radius 2 is 1.82 bits per heavy atom. The quantitative estimate of drug-likeness (QED) is 0.881. The lowest BCUT2D eigenvalue weighted by molar-refractivity contribution is 0.0697. The first kappa shape index (κ1) is 14.8. The standard InChI is InChI=1S/C17H17NO3S/c19-15(12-8-2-1-3-9-12)18-16-14(17(20)21)13(10-22-16)11-6-4-5-7-11/h1-3,8-11H,4-7H2,(H,18,19)(H,20,21). The van der Waals surface area contributed by atoms with Crippen molar-refractivity contribution in [2.75, 3.05) is 5.32 Å². The van der Waals surface area contributed by atoms with Crippen LogP contribution in [-0.4, -0.2) is 17.0 Å². The summed E-state index contributed by atoms with van der Waals surface area (Å²) >= 11 is 1.30. The number of hydrogen-bond donors (Lipinski definition) is 2. The molecular formula is C17H17NO3S. The summed E-state index contributed by atoms with van der Waals surface area (Å²) in [6, 6.07) is 8.82. The van der Waals surface area contributed by atoms with Gasteiger partial charge in [0.2, 0.25) is 0 Å². The third kappa shape index (κ3) is 2.90. The van der Waals surface area contributed by atoms with Crippen LogP contribution in [0.4, 0.5) is 5.00 Å². The fourth-order valence-corrected chi connectivity index (χ4v) is 4.02. The summed E-state index contributed by atoms with van der Waals surface area (Å²) in [6.45, 7) is 0. The van der Waals surface area contributed by atoms with Crippen molar-refractivity contribution in [2.45, 2.75) is 31.6 Å². The van der Waals surface area contributed by atoms with Crippen LogP contribution in [0.5, 0.6) is 0 Å². The largest absolute Gasteiger partial charge is 0.478 e.